The molecule has 1 aliphatic rings. The van der Waals surface area contributed by atoms with Crippen LogP contribution in [0.3, 0.4) is 0 Å². The molecule has 0 N–H and O–H groups in total. The van der Waals surface area contributed by atoms with Crippen LogP contribution in [0.4, 0.5) is 10.5 Å². The summed E-state index contributed by atoms with van der Waals surface area (Å²) in [6.45, 7) is 2.11. The first kappa shape index (κ1) is 24.4. The molecule has 1 amide bonds. The van der Waals surface area contributed by atoms with Crippen LogP contribution < -0.4 is 9.47 Å². The molecule has 35 heavy (non-hydrogen) atoms. The molecule has 2 aromatic carbocycles. The van der Waals surface area contributed by atoms with Gasteiger partial charge in [-0.3, -0.25) is 0 Å². The van der Waals surface area contributed by atoms with E-state index in [9.17, 15) is 4.79 Å². The van der Waals surface area contributed by atoms with Gasteiger partial charge in [0.1, 0.15) is 23.5 Å². The summed E-state index contributed by atoms with van der Waals surface area (Å²) in [5.41, 5.74) is 3.40. The van der Waals surface area contributed by atoms with Gasteiger partial charge in [0.25, 0.3) is 0 Å². The predicted octanol–water partition coefficient (Wildman–Crippen LogP) is 4.78. The highest BCUT2D eigenvalue weighted by Crippen LogP contribution is 2.43. The predicted molar refractivity (Wildman–Crippen MR) is 132 cm³/mol. The van der Waals surface area contributed by atoms with Crippen LogP contribution in [0.1, 0.15) is 23.1 Å². The molecule has 0 bridgehead atoms. The Kier molecular flexibility index (Phi) is 7.47. The molecule has 2 heterocycles. The second-order valence-corrected chi connectivity index (χ2v) is 8.16. The number of nitrogens with zero attached hydrogens (tertiary/aromatic N) is 4. The summed E-state index contributed by atoms with van der Waals surface area (Å²) >= 11 is 1.27. The van der Waals surface area contributed by atoms with E-state index in [0.29, 0.717) is 51.8 Å². The van der Waals surface area contributed by atoms with Crippen molar-refractivity contribution in [2.75, 3.05) is 34.2 Å². The Balaban J connectivity index is 1.83. The number of amides is 1. The van der Waals surface area contributed by atoms with Crippen LogP contribution in [-0.4, -0.2) is 61.2 Å². The van der Waals surface area contributed by atoms with E-state index in [1.165, 1.54) is 18.9 Å². The summed E-state index contributed by atoms with van der Waals surface area (Å²) in [4.78, 5) is 25.2. The lowest BCUT2D eigenvalue weighted by Crippen LogP contribution is -2.15. The number of ether oxygens (including phenoxy) is 4. The number of carbonyl (C=O) groups excluding carboxylic acids is 1. The molecule has 1 aromatic heterocycles. The van der Waals surface area contributed by atoms with Gasteiger partial charge in [0.05, 0.1) is 19.9 Å². The molecule has 0 saturated carbocycles. The average molecular weight is 497 g/mol. The van der Waals surface area contributed by atoms with Crippen molar-refractivity contribution in [2.24, 2.45) is 9.98 Å². The number of hydrogen-bond donors (Lipinski definition) is 0. The molecule has 0 spiro atoms. The number of aryl methyl sites for hydroxylation is 1. The van der Waals surface area contributed by atoms with Crippen molar-refractivity contribution in [3.63, 3.8) is 0 Å². The van der Waals surface area contributed by atoms with E-state index in [4.69, 9.17) is 28.5 Å². The van der Waals surface area contributed by atoms with Gasteiger partial charge in [-0.25, -0.2) is 9.79 Å². The quantitative estimate of drug-likeness (QED) is 0.351. The zero-order chi connectivity index (χ0) is 24.9. The van der Waals surface area contributed by atoms with Crippen LogP contribution >= 0.6 is 11.8 Å². The SMILES string of the molecule is COC(=O)/N=C(SC)/C(=N/c1ccc(-c2noc(C)n2)cc1)c1cc(OC)c2c(c1)C(OC)CO2. The zero-order valence-corrected chi connectivity index (χ0v) is 20.7. The first-order valence-corrected chi connectivity index (χ1v) is 11.8. The lowest BCUT2D eigenvalue weighted by atomic mass is 10.0. The summed E-state index contributed by atoms with van der Waals surface area (Å²) in [7, 11) is 4.46. The van der Waals surface area contributed by atoms with Gasteiger partial charge in [-0.15, -0.1) is 11.8 Å². The second-order valence-electron chi connectivity index (χ2n) is 7.37. The van der Waals surface area contributed by atoms with Crippen molar-refractivity contribution in [1.82, 2.24) is 10.1 Å². The van der Waals surface area contributed by atoms with Gasteiger partial charge in [0.15, 0.2) is 11.5 Å². The fraction of sp³-hybridized carbons (Fsp3) is 0.292. The van der Waals surface area contributed by atoms with Crippen LogP contribution in [0.15, 0.2) is 50.9 Å². The van der Waals surface area contributed by atoms with E-state index in [0.717, 1.165) is 11.1 Å². The van der Waals surface area contributed by atoms with Gasteiger partial charge in [0.2, 0.25) is 11.7 Å². The molecular weight excluding hydrogens is 472 g/mol. The molecule has 0 radical (unpaired) electrons. The van der Waals surface area contributed by atoms with E-state index in [2.05, 4.69) is 15.1 Å². The minimum Gasteiger partial charge on any atom is -0.493 e. The molecule has 1 unspecified atom stereocenters. The third kappa shape index (κ3) is 5.20. The molecule has 182 valence electrons. The summed E-state index contributed by atoms with van der Waals surface area (Å²) in [5.74, 6) is 2.13. The van der Waals surface area contributed by atoms with E-state index in [1.807, 2.05) is 36.6 Å². The van der Waals surface area contributed by atoms with Crippen LogP contribution in [-0.2, 0) is 9.47 Å². The zero-order valence-electron chi connectivity index (χ0n) is 19.9. The van der Waals surface area contributed by atoms with Crippen molar-refractivity contribution >= 4 is 34.3 Å². The molecule has 1 aliphatic heterocycles. The van der Waals surface area contributed by atoms with Crippen LogP contribution in [0.5, 0.6) is 11.5 Å². The maximum absolute atomic E-state index is 12.0. The van der Waals surface area contributed by atoms with Gasteiger partial charge in [-0.2, -0.15) is 9.98 Å². The summed E-state index contributed by atoms with van der Waals surface area (Å²) in [5, 5.41) is 4.32. The topological polar surface area (TPSA) is 118 Å². The molecule has 1 atom stereocenters. The number of aliphatic imine (C=N–C) groups is 2. The van der Waals surface area contributed by atoms with E-state index in [1.54, 1.807) is 27.2 Å². The highest BCUT2D eigenvalue weighted by Gasteiger charge is 2.29. The highest BCUT2D eigenvalue weighted by atomic mass is 32.2. The van der Waals surface area contributed by atoms with Gasteiger partial charge in [-0.05, 0) is 42.7 Å². The maximum Gasteiger partial charge on any atom is 0.434 e. The molecule has 0 fully saturated rings. The summed E-state index contributed by atoms with van der Waals surface area (Å²) < 4.78 is 26.7. The Labute approximate surface area is 206 Å². The Hall–Kier alpha value is -3.70. The molecule has 0 aliphatic carbocycles. The highest BCUT2D eigenvalue weighted by molar-refractivity contribution is 8.15. The van der Waals surface area contributed by atoms with Crippen LogP contribution in [0.2, 0.25) is 0 Å². The molecule has 4 rings (SSSR count). The number of aromatic nitrogens is 2. The van der Waals surface area contributed by atoms with E-state index >= 15 is 0 Å². The Morgan fingerprint density at radius 2 is 1.94 bits per heavy atom. The number of methoxy groups -OCH3 is 3. The Bertz CT molecular complexity index is 1290. The van der Waals surface area contributed by atoms with E-state index < -0.39 is 6.09 Å². The number of thioether (sulfide) groups is 1. The normalized spacial score (nSPS) is 15.5. The Morgan fingerprint density at radius 3 is 2.54 bits per heavy atom. The smallest absolute Gasteiger partial charge is 0.434 e. The fourth-order valence-corrected chi connectivity index (χ4v) is 4.06. The van der Waals surface area contributed by atoms with Crippen molar-refractivity contribution in [3.8, 4) is 22.9 Å². The van der Waals surface area contributed by atoms with Gasteiger partial charge >= 0.3 is 6.09 Å². The molecule has 0 saturated heterocycles. The fourth-order valence-electron chi connectivity index (χ4n) is 3.54. The summed E-state index contributed by atoms with van der Waals surface area (Å²) in [6.07, 6.45) is 0.828. The molecule has 3 aromatic rings. The first-order valence-electron chi connectivity index (χ1n) is 10.6. The number of fused-ring (bicyclic) bond motifs is 1. The standard InChI is InChI=1S/C24H24N4O6S/c1-13-25-22(28-34-13)14-6-8-16(9-7-14)26-20(23(35-5)27-24(29)32-4)15-10-17-19(31-3)12-33-21(17)18(11-15)30-2/h6-11,19H,12H2,1-5H3/b26-20+,27-23-. The third-order valence-corrected chi connectivity index (χ3v) is 5.92. The Morgan fingerprint density at radius 1 is 1.17 bits per heavy atom. The minimum absolute atomic E-state index is 0.256. The number of benzene rings is 2. The average Bonchev–Trinajstić information content (AvgIpc) is 3.51. The van der Waals surface area contributed by atoms with E-state index in [-0.39, 0.29) is 6.10 Å². The number of hydrogen-bond acceptors (Lipinski definition) is 10. The third-order valence-electron chi connectivity index (χ3n) is 5.24. The van der Waals surface area contributed by atoms with Crippen LogP contribution in [0.25, 0.3) is 11.4 Å². The molecule has 10 nitrogen and oxygen atoms in total. The minimum atomic E-state index is -0.726. The lowest BCUT2D eigenvalue weighted by molar-refractivity contribution is 0.0814. The summed E-state index contributed by atoms with van der Waals surface area (Å²) in [6, 6.07) is 11.0. The van der Waals surface area contributed by atoms with Crippen molar-refractivity contribution in [3.05, 3.63) is 53.4 Å². The monoisotopic (exact) mass is 496 g/mol. The first-order chi connectivity index (χ1) is 17.0. The number of carbonyl (C=O) groups is 1. The lowest BCUT2D eigenvalue weighted by Gasteiger charge is -2.14. The largest absolute Gasteiger partial charge is 0.493 e. The molecular formula is C24H24N4O6S. The van der Waals surface area contributed by atoms with Crippen molar-refractivity contribution in [1.29, 1.82) is 0 Å². The number of rotatable bonds is 6. The van der Waals surface area contributed by atoms with Crippen molar-refractivity contribution in [2.45, 2.75) is 13.0 Å². The van der Waals surface area contributed by atoms with Crippen LogP contribution in [0, 0.1) is 6.92 Å². The van der Waals surface area contributed by atoms with Gasteiger partial charge in [0, 0.05) is 30.7 Å². The maximum atomic E-state index is 12.0. The molecule has 11 heteroatoms. The van der Waals surface area contributed by atoms with Gasteiger partial charge in [-0.1, -0.05) is 5.16 Å². The van der Waals surface area contributed by atoms with Crippen molar-refractivity contribution < 1.29 is 28.3 Å². The second kappa shape index (κ2) is 10.7. The van der Waals surface area contributed by atoms with Gasteiger partial charge < -0.3 is 23.5 Å².